The number of hydrogen-bond acceptors (Lipinski definition) is 3. The van der Waals surface area contributed by atoms with Crippen LogP contribution in [0.3, 0.4) is 0 Å². The van der Waals surface area contributed by atoms with Gasteiger partial charge in [-0.25, -0.2) is 0 Å². The van der Waals surface area contributed by atoms with Gasteiger partial charge in [0.05, 0.1) is 6.61 Å². The molecule has 0 bridgehead atoms. The van der Waals surface area contributed by atoms with Crippen LogP contribution in [0.15, 0.2) is 24.3 Å². The van der Waals surface area contributed by atoms with Crippen LogP contribution in [-0.4, -0.2) is 37.2 Å². The van der Waals surface area contributed by atoms with Gasteiger partial charge in [-0.15, -0.1) is 0 Å². The molecule has 0 amide bonds. The van der Waals surface area contributed by atoms with E-state index in [2.05, 4.69) is 48.3 Å². The minimum absolute atomic E-state index is 0.639. The maximum atomic E-state index is 5.61. The van der Waals surface area contributed by atoms with Gasteiger partial charge in [-0.1, -0.05) is 26.0 Å². The van der Waals surface area contributed by atoms with Gasteiger partial charge < -0.3 is 15.0 Å². The lowest BCUT2D eigenvalue weighted by molar-refractivity contribution is 0.198. The summed E-state index contributed by atoms with van der Waals surface area (Å²) in [5, 5.41) is 3.68. The highest BCUT2D eigenvalue weighted by Crippen LogP contribution is 2.14. The first kappa shape index (κ1) is 15.3. The van der Waals surface area contributed by atoms with Crippen molar-refractivity contribution in [1.29, 1.82) is 0 Å². The number of benzene rings is 1. The molecular weight excluding hydrogens is 248 g/mol. The predicted octanol–water partition coefficient (Wildman–Crippen LogP) is 3.05. The number of nitrogens with zero attached hydrogens (tertiary/aromatic N) is 1. The van der Waals surface area contributed by atoms with Crippen molar-refractivity contribution in [2.24, 2.45) is 0 Å². The fraction of sp³-hybridized carbons (Fsp3) is 0.647. The number of piperidine rings is 1. The van der Waals surface area contributed by atoms with Gasteiger partial charge in [-0.3, -0.25) is 0 Å². The van der Waals surface area contributed by atoms with Crippen LogP contribution in [0, 0.1) is 0 Å². The van der Waals surface area contributed by atoms with Gasteiger partial charge >= 0.3 is 0 Å². The van der Waals surface area contributed by atoms with Crippen LogP contribution in [-0.2, 0) is 6.54 Å². The molecule has 3 nitrogen and oxygen atoms in total. The number of hydrogen-bond donors (Lipinski definition) is 1. The Balaban J connectivity index is 1.75. The van der Waals surface area contributed by atoms with Crippen molar-refractivity contribution in [3.63, 3.8) is 0 Å². The Bertz CT molecular complexity index is 377. The summed E-state index contributed by atoms with van der Waals surface area (Å²) in [4.78, 5) is 2.53. The Morgan fingerprint density at radius 1 is 1.25 bits per heavy atom. The Morgan fingerprint density at radius 2 is 2.05 bits per heavy atom. The highest BCUT2D eigenvalue weighted by Gasteiger charge is 2.17. The molecule has 0 radical (unpaired) electrons. The van der Waals surface area contributed by atoms with E-state index in [1.165, 1.54) is 38.0 Å². The third-order valence-electron chi connectivity index (χ3n) is 3.94. The summed E-state index contributed by atoms with van der Waals surface area (Å²) >= 11 is 0. The zero-order valence-corrected chi connectivity index (χ0v) is 12.9. The molecule has 1 fully saturated rings. The molecule has 112 valence electrons. The van der Waals surface area contributed by atoms with E-state index >= 15 is 0 Å². The van der Waals surface area contributed by atoms with Crippen LogP contribution in [0.4, 0.5) is 0 Å². The fourth-order valence-electron chi connectivity index (χ4n) is 2.69. The Labute approximate surface area is 123 Å². The van der Waals surface area contributed by atoms with Crippen LogP contribution >= 0.6 is 0 Å². The maximum Gasteiger partial charge on any atom is 0.119 e. The molecule has 0 spiro atoms. The normalized spacial score (nSPS) is 20.0. The van der Waals surface area contributed by atoms with E-state index in [0.29, 0.717) is 6.04 Å². The van der Waals surface area contributed by atoms with E-state index in [1.807, 2.05) is 0 Å². The summed E-state index contributed by atoms with van der Waals surface area (Å²) in [6.45, 7) is 9.75. The summed E-state index contributed by atoms with van der Waals surface area (Å²) in [6, 6.07) is 9.12. The average molecular weight is 276 g/mol. The molecule has 1 unspecified atom stereocenters. The molecule has 0 saturated carbocycles. The number of rotatable bonds is 7. The zero-order chi connectivity index (χ0) is 14.2. The van der Waals surface area contributed by atoms with Gasteiger partial charge in [0.25, 0.3) is 0 Å². The molecule has 0 aliphatic carbocycles. The van der Waals surface area contributed by atoms with Crippen LogP contribution in [0.2, 0.25) is 0 Å². The number of likely N-dealkylation sites (tertiary alicyclic amines) is 1. The van der Waals surface area contributed by atoms with Gasteiger partial charge in [0.15, 0.2) is 0 Å². The lowest BCUT2D eigenvalue weighted by atomic mass is 10.1. The Morgan fingerprint density at radius 3 is 2.75 bits per heavy atom. The lowest BCUT2D eigenvalue weighted by Gasteiger charge is -2.32. The minimum atomic E-state index is 0.639. The maximum absolute atomic E-state index is 5.61. The van der Waals surface area contributed by atoms with E-state index < -0.39 is 0 Å². The molecule has 2 rings (SSSR count). The van der Waals surface area contributed by atoms with Gasteiger partial charge in [-0.05, 0) is 50.0 Å². The smallest absolute Gasteiger partial charge is 0.119 e. The third-order valence-corrected chi connectivity index (χ3v) is 3.94. The van der Waals surface area contributed by atoms with E-state index in [-0.39, 0.29) is 0 Å². The summed E-state index contributed by atoms with van der Waals surface area (Å²) in [7, 11) is 0. The zero-order valence-electron chi connectivity index (χ0n) is 12.9. The highest BCUT2D eigenvalue weighted by molar-refractivity contribution is 5.27. The molecule has 1 atom stereocenters. The standard InChI is InChI=1S/C17H28N2O/c1-3-12-20-17-9-7-15(8-10-17)13-18-16-6-5-11-19(4-2)14-16/h7-10,16,18H,3-6,11-14H2,1-2H3. The molecule has 3 heteroatoms. The highest BCUT2D eigenvalue weighted by atomic mass is 16.5. The first-order chi connectivity index (χ1) is 9.81. The van der Waals surface area contributed by atoms with Crippen LogP contribution in [0.5, 0.6) is 5.75 Å². The van der Waals surface area contributed by atoms with Crippen molar-refractivity contribution < 1.29 is 4.74 Å². The third kappa shape index (κ3) is 4.80. The largest absolute Gasteiger partial charge is 0.494 e. The fourth-order valence-corrected chi connectivity index (χ4v) is 2.69. The van der Waals surface area contributed by atoms with Crippen molar-refractivity contribution in [3.8, 4) is 5.75 Å². The molecule has 1 aliphatic rings. The number of likely N-dealkylation sites (N-methyl/N-ethyl adjacent to an activating group) is 1. The van der Waals surface area contributed by atoms with Gasteiger partial charge in [-0.2, -0.15) is 0 Å². The summed E-state index contributed by atoms with van der Waals surface area (Å²) in [5.41, 5.74) is 1.34. The number of nitrogens with one attached hydrogen (secondary N) is 1. The van der Waals surface area contributed by atoms with Crippen molar-refractivity contribution in [2.45, 2.75) is 45.7 Å². The van der Waals surface area contributed by atoms with Gasteiger partial charge in [0.2, 0.25) is 0 Å². The Hall–Kier alpha value is -1.06. The number of ether oxygens (including phenoxy) is 1. The molecule has 1 aromatic rings. The molecule has 0 aromatic heterocycles. The topological polar surface area (TPSA) is 24.5 Å². The molecule has 1 aliphatic heterocycles. The molecular formula is C17H28N2O. The van der Waals surface area contributed by atoms with Gasteiger partial charge in [0.1, 0.15) is 5.75 Å². The monoisotopic (exact) mass is 276 g/mol. The first-order valence-corrected chi connectivity index (χ1v) is 7.99. The molecule has 1 aromatic carbocycles. The second-order valence-corrected chi connectivity index (χ2v) is 5.61. The minimum Gasteiger partial charge on any atom is -0.494 e. The van der Waals surface area contributed by atoms with Crippen molar-refractivity contribution in [1.82, 2.24) is 10.2 Å². The summed E-state index contributed by atoms with van der Waals surface area (Å²) < 4.78 is 5.61. The lowest BCUT2D eigenvalue weighted by Crippen LogP contribution is -2.45. The van der Waals surface area contributed by atoms with E-state index in [9.17, 15) is 0 Å². The van der Waals surface area contributed by atoms with Crippen molar-refractivity contribution >= 4 is 0 Å². The average Bonchev–Trinajstić information content (AvgIpc) is 2.52. The molecule has 1 heterocycles. The van der Waals surface area contributed by atoms with E-state index in [4.69, 9.17) is 4.74 Å². The summed E-state index contributed by atoms with van der Waals surface area (Å²) in [6.07, 6.45) is 3.67. The predicted molar refractivity (Wildman–Crippen MR) is 84.2 cm³/mol. The second kappa shape index (κ2) is 8.28. The first-order valence-electron chi connectivity index (χ1n) is 7.99. The molecule has 1 N–H and O–H groups in total. The van der Waals surface area contributed by atoms with Gasteiger partial charge in [0, 0.05) is 19.1 Å². The van der Waals surface area contributed by atoms with E-state index in [0.717, 1.165) is 25.3 Å². The Kier molecular flexibility index (Phi) is 6.34. The quantitative estimate of drug-likeness (QED) is 0.828. The molecule has 20 heavy (non-hydrogen) atoms. The SMILES string of the molecule is CCCOc1ccc(CNC2CCCN(CC)C2)cc1. The van der Waals surface area contributed by atoms with Crippen molar-refractivity contribution in [3.05, 3.63) is 29.8 Å². The van der Waals surface area contributed by atoms with Crippen LogP contribution in [0.25, 0.3) is 0 Å². The van der Waals surface area contributed by atoms with Crippen molar-refractivity contribution in [2.75, 3.05) is 26.2 Å². The van der Waals surface area contributed by atoms with Crippen LogP contribution in [0.1, 0.15) is 38.7 Å². The summed E-state index contributed by atoms with van der Waals surface area (Å²) in [5.74, 6) is 0.977. The van der Waals surface area contributed by atoms with E-state index in [1.54, 1.807) is 0 Å². The molecule has 1 saturated heterocycles. The van der Waals surface area contributed by atoms with Crippen LogP contribution < -0.4 is 10.1 Å². The second-order valence-electron chi connectivity index (χ2n) is 5.61.